The maximum absolute atomic E-state index is 13.2. The van der Waals surface area contributed by atoms with E-state index in [1.807, 2.05) is 5.38 Å². The third kappa shape index (κ3) is 3.50. The second-order valence-electron chi connectivity index (χ2n) is 4.22. The van der Waals surface area contributed by atoms with E-state index in [-0.39, 0.29) is 18.1 Å². The molecule has 4 nitrogen and oxygen atoms in total. The zero-order valence-corrected chi connectivity index (χ0v) is 12.4. The van der Waals surface area contributed by atoms with Gasteiger partial charge in [0.2, 0.25) is 5.91 Å². The number of aromatic nitrogens is 2. The molecule has 3 rings (SSSR count). The Hall–Kier alpha value is -2.12. The Balaban J connectivity index is 1.69. The highest BCUT2D eigenvalue weighted by Crippen LogP contribution is 2.24. The summed E-state index contributed by atoms with van der Waals surface area (Å²) in [6.07, 6.45) is 1.80. The van der Waals surface area contributed by atoms with Crippen LogP contribution < -0.4 is 5.32 Å². The van der Waals surface area contributed by atoms with E-state index >= 15 is 0 Å². The zero-order chi connectivity index (χ0) is 14.7. The Bertz CT molecular complexity index is 755. The lowest BCUT2D eigenvalue weighted by Gasteiger charge is -1.99. The Morgan fingerprint density at radius 3 is 3.00 bits per heavy atom. The highest BCUT2D eigenvalue weighted by molar-refractivity contribution is 7.13. The summed E-state index contributed by atoms with van der Waals surface area (Å²) in [6.45, 7) is 0. The van der Waals surface area contributed by atoms with E-state index in [0.717, 1.165) is 0 Å². The highest BCUT2D eigenvalue weighted by Gasteiger charge is 2.10. The lowest BCUT2D eigenvalue weighted by atomic mass is 10.2. The topological polar surface area (TPSA) is 54.9 Å². The van der Waals surface area contributed by atoms with Gasteiger partial charge in [0.05, 0.1) is 12.1 Å². The molecule has 106 valence electrons. The summed E-state index contributed by atoms with van der Waals surface area (Å²) in [5.41, 5.74) is 1.37. The van der Waals surface area contributed by atoms with Crippen LogP contribution in [-0.4, -0.2) is 15.9 Å². The van der Waals surface area contributed by atoms with Gasteiger partial charge in [0.1, 0.15) is 10.8 Å². The van der Waals surface area contributed by atoms with Crippen molar-refractivity contribution in [3.8, 4) is 10.6 Å². The third-order valence-electron chi connectivity index (χ3n) is 2.64. The van der Waals surface area contributed by atoms with Crippen molar-refractivity contribution in [1.29, 1.82) is 0 Å². The zero-order valence-electron chi connectivity index (χ0n) is 10.7. The molecule has 2 aromatic heterocycles. The smallest absolute Gasteiger partial charge is 0.232 e. The van der Waals surface area contributed by atoms with E-state index in [9.17, 15) is 9.18 Å². The van der Waals surface area contributed by atoms with Crippen molar-refractivity contribution < 1.29 is 9.18 Å². The number of halogens is 1. The molecule has 21 heavy (non-hydrogen) atoms. The van der Waals surface area contributed by atoms with Crippen LogP contribution >= 0.6 is 22.7 Å². The molecule has 0 bridgehead atoms. The first-order chi connectivity index (χ1) is 10.2. The fraction of sp³-hybridized carbons (Fsp3) is 0.0714. The van der Waals surface area contributed by atoms with Crippen LogP contribution in [-0.2, 0) is 11.2 Å². The quantitative estimate of drug-likeness (QED) is 0.799. The van der Waals surface area contributed by atoms with E-state index in [0.29, 0.717) is 21.4 Å². The van der Waals surface area contributed by atoms with Crippen molar-refractivity contribution in [3.05, 3.63) is 52.7 Å². The number of hydrogen-bond acceptors (Lipinski definition) is 5. The largest absolute Gasteiger partial charge is 0.302 e. The van der Waals surface area contributed by atoms with Crippen molar-refractivity contribution in [3.63, 3.8) is 0 Å². The van der Waals surface area contributed by atoms with Gasteiger partial charge in [-0.1, -0.05) is 12.1 Å². The average Bonchev–Trinajstić information content (AvgIpc) is 3.10. The number of anilines is 1. The van der Waals surface area contributed by atoms with Crippen LogP contribution in [0.2, 0.25) is 0 Å². The van der Waals surface area contributed by atoms with Gasteiger partial charge < -0.3 is 5.32 Å². The van der Waals surface area contributed by atoms with Gasteiger partial charge in [-0.2, -0.15) is 0 Å². The van der Waals surface area contributed by atoms with Crippen molar-refractivity contribution in [2.24, 2.45) is 0 Å². The van der Waals surface area contributed by atoms with Crippen molar-refractivity contribution in [2.45, 2.75) is 6.42 Å². The van der Waals surface area contributed by atoms with Crippen LogP contribution in [0.4, 0.5) is 9.52 Å². The van der Waals surface area contributed by atoms with E-state index in [1.54, 1.807) is 23.7 Å². The Kier molecular flexibility index (Phi) is 4.03. The molecule has 0 saturated heterocycles. The van der Waals surface area contributed by atoms with Crippen molar-refractivity contribution >= 4 is 33.7 Å². The molecule has 1 amide bonds. The summed E-state index contributed by atoms with van der Waals surface area (Å²) in [4.78, 5) is 20.2. The summed E-state index contributed by atoms with van der Waals surface area (Å²) < 4.78 is 13.2. The van der Waals surface area contributed by atoms with Crippen LogP contribution in [0, 0.1) is 5.82 Å². The van der Waals surface area contributed by atoms with Gasteiger partial charge in [-0.3, -0.25) is 4.79 Å². The lowest BCUT2D eigenvalue weighted by Crippen LogP contribution is -2.14. The van der Waals surface area contributed by atoms with E-state index < -0.39 is 0 Å². The molecular weight excluding hydrogens is 309 g/mol. The molecule has 7 heteroatoms. The molecule has 0 unspecified atom stereocenters. The van der Waals surface area contributed by atoms with Gasteiger partial charge in [-0.05, 0) is 12.1 Å². The second kappa shape index (κ2) is 6.11. The minimum atomic E-state index is -0.300. The first-order valence-electron chi connectivity index (χ1n) is 6.10. The lowest BCUT2D eigenvalue weighted by molar-refractivity contribution is -0.115. The fourth-order valence-corrected chi connectivity index (χ4v) is 3.12. The molecule has 1 aromatic carbocycles. The predicted octanol–water partition coefficient (Wildman–Crippen LogP) is 3.59. The summed E-state index contributed by atoms with van der Waals surface area (Å²) in [5.74, 6) is -0.466. The van der Waals surface area contributed by atoms with Gasteiger partial charge in [0.15, 0.2) is 5.13 Å². The van der Waals surface area contributed by atoms with Crippen LogP contribution in [0.25, 0.3) is 10.6 Å². The minimum absolute atomic E-state index is 0.166. The van der Waals surface area contributed by atoms with Gasteiger partial charge in [-0.25, -0.2) is 14.4 Å². The van der Waals surface area contributed by atoms with Crippen molar-refractivity contribution in [1.82, 2.24) is 9.97 Å². The van der Waals surface area contributed by atoms with E-state index in [2.05, 4.69) is 15.3 Å². The maximum atomic E-state index is 13.2. The SMILES string of the molecule is O=C(Cc1csc(-c2cccc(F)c2)n1)Nc1nccs1. The highest BCUT2D eigenvalue weighted by atomic mass is 32.1. The summed E-state index contributed by atoms with van der Waals surface area (Å²) in [7, 11) is 0. The molecule has 2 heterocycles. The van der Waals surface area contributed by atoms with Crippen LogP contribution in [0.1, 0.15) is 5.69 Å². The first kappa shape index (κ1) is 13.8. The minimum Gasteiger partial charge on any atom is -0.302 e. The molecule has 0 saturated carbocycles. The number of carbonyl (C=O) groups excluding carboxylic acids is 1. The van der Waals surface area contributed by atoms with Crippen LogP contribution in [0.5, 0.6) is 0 Å². The first-order valence-corrected chi connectivity index (χ1v) is 7.86. The molecule has 0 fully saturated rings. The molecule has 0 aliphatic carbocycles. The van der Waals surface area contributed by atoms with Gasteiger partial charge in [0.25, 0.3) is 0 Å². The number of thiazole rings is 2. The number of carbonyl (C=O) groups is 1. The standard InChI is InChI=1S/C14H10FN3OS2/c15-10-3-1-2-9(6-10)13-17-11(8-21-13)7-12(19)18-14-16-4-5-20-14/h1-6,8H,7H2,(H,16,18,19). The normalized spacial score (nSPS) is 10.5. The molecule has 0 radical (unpaired) electrons. The maximum Gasteiger partial charge on any atom is 0.232 e. The molecule has 1 N–H and O–H groups in total. The van der Waals surface area contributed by atoms with E-state index in [1.165, 1.54) is 34.8 Å². The number of nitrogens with zero attached hydrogens (tertiary/aromatic N) is 2. The average molecular weight is 319 g/mol. The number of amides is 1. The molecule has 3 aromatic rings. The predicted molar refractivity (Wildman–Crippen MR) is 82.0 cm³/mol. The molecule has 0 aliphatic heterocycles. The Morgan fingerprint density at radius 2 is 2.24 bits per heavy atom. The third-order valence-corrected chi connectivity index (χ3v) is 4.27. The van der Waals surface area contributed by atoms with Crippen LogP contribution in [0.3, 0.4) is 0 Å². The molecule has 0 aliphatic rings. The monoisotopic (exact) mass is 319 g/mol. The van der Waals surface area contributed by atoms with E-state index in [4.69, 9.17) is 0 Å². The summed E-state index contributed by atoms with van der Waals surface area (Å²) in [6, 6.07) is 6.25. The van der Waals surface area contributed by atoms with Gasteiger partial charge in [-0.15, -0.1) is 22.7 Å². The Labute approximate surface area is 128 Å². The second-order valence-corrected chi connectivity index (χ2v) is 5.97. The van der Waals surface area contributed by atoms with Gasteiger partial charge in [0, 0.05) is 22.5 Å². The molecule has 0 spiro atoms. The fourth-order valence-electron chi connectivity index (χ4n) is 1.76. The number of rotatable bonds is 4. The summed E-state index contributed by atoms with van der Waals surface area (Å²) in [5, 5.41) is 7.57. The molecular formula is C14H10FN3OS2. The van der Waals surface area contributed by atoms with Gasteiger partial charge >= 0.3 is 0 Å². The Morgan fingerprint density at radius 1 is 1.33 bits per heavy atom. The van der Waals surface area contributed by atoms with Crippen LogP contribution in [0.15, 0.2) is 41.2 Å². The number of hydrogen-bond donors (Lipinski definition) is 1. The molecule has 0 atom stereocenters. The van der Waals surface area contributed by atoms with Crippen molar-refractivity contribution in [2.75, 3.05) is 5.32 Å². The number of benzene rings is 1. The number of nitrogens with one attached hydrogen (secondary N) is 1. The summed E-state index contributed by atoms with van der Waals surface area (Å²) >= 11 is 2.75.